The number of hydrogen-bond acceptors (Lipinski definition) is 2. The summed E-state index contributed by atoms with van der Waals surface area (Å²) < 4.78 is 0. The van der Waals surface area contributed by atoms with Crippen molar-refractivity contribution in [1.82, 2.24) is 10.2 Å². The first-order chi connectivity index (χ1) is 5.86. The highest BCUT2D eigenvalue weighted by Crippen LogP contribution is 2.19. The zero-order chi connectivity index (χ0) is 8.81. The lowest BCUT2D eigenvalue weighted by Crippen LogP contribution is -2.48. The van der Waals surface area contributed by atoms with E-state index in [-0.39, 0.29) is 0 Å². The number of nitrogens with one attached hydrogen (secondary N) is 1. The van der Waals surface area contributed by atoms with Gasteiger partial charge in [-0.25, -0.2) is 0 Å². The van der Waals surface area contributed by atoms with Crippen molar-refractivity contribution in [3.63, 3.8) is 0 Å². The maximum atomic E-state index is 3.35. The number of nitrogens with zero attached hydrogens (tertiary/aromatic N) is 1. The van der Waals surface area contributed by atoms with E-state index in [1.807, 2.05) is 0 Å². The maximum Gasteiger partial charge on any atom is 0.0107 e. The van der Waals surface area contributed by atoms with Crippen LogP contribution in [0.15, 0.2) is 0 Å². The molecule has 1 heterocycles. The standard InChI is InChI=1S/C10H22N2/c1-3-5-10-8-12(9-10)7-6-11-4-2/h10-11H,3-9H2,1-2H3. The third-order valence-electron chi connectivity index (χ3n) is 2.58. The molecule has 2 heteroatoms. The molecule has 72 valence electrons. The molecule has 0 bridgehead atoms. The largest absolute Gasteiger partial charge is 0.316 e. The summed E-state index contributed by atoms with van der Waals surface area (Å²) in [7, 11) is 0. The Balaban J connectivity index is 1.88. The minimum atomic E-state index is 1.01. The first-order valence-electron chi connectivity index (χ1n) is 5.29. The van der Waals surface area contributed by atoms with Crippen molar-refractivity contribution in [2.75, 3.05) is 32.7 Å². The Morgan fingerprint density at radius 2 is 2.08 bits per heavy atom. The van der Waals surface area contributed by atoms with Gasteiger partial charge in [0.15, 0.2) is 0 Å². The van der Waals surface area contributed by atoms with Crippen LogP contribution in [0.2, 0.25) is 0 Å². The van der Waals surface area contributed by atoms with Crippen LogP contribution >= 0.6 is 0 Å². The van der Waals surface area contributed by atoms with Crippen LogP contribution in [0.25, 0.3) is 0 Å². The molecular weight excluding hydrogens is 148 g/mol. The molecule has 0 aromatic heterocycles. The van der Waals surface area contributed by atoms with E-state index in [0.29, 0.717) is 0 Å². The van der Waals surface area contributed by atoms with Crippen LogP contribution < -0.4 is 5.32 Å². The van der Waals surface area contributed by atoms with E-state index in [4.69, 9.17) is 0 Å². The molecule has 0 aliphatic carbocycles. The Kier molecular flexibility index (Phi) is 4.62. The summed E-state index contributed by atoms with van der Waals surface area (Å²) in [5, 5.41) is 3.35. The summed E-state index contributed by atoms with van der Waals surface area (Å²) in [6.07, 6.45) is 2.78. The van der Waals surface area contributed by atoms with Gasteiger partial charge in [-0.3, -0.25) is 0 Å². The van der Waals surface area contributed by atoms with Gasteiger partial charge in [-0.2, -0.15) is 0 Å². The summed E-state index contributed by atoms with van der Waals surface area (Å²) in [6.45, 7) is 10.6. The topological polar surface area (TPSA) is 15.3 Å². The smallest absolute Gasteiger partial charge is 0.0107 e. The molecule has 0 amide bonds. The van der Waals surface area contributed by atoms with E-state index in [2.05, 4.69) is 24.1 Å². The zero-order valence-corrected chi connectivity index (χ0v) is 8.47. The first kappa shape index (κ1) is 10.0. The van der Waals surface area contributed by atoms with Gasteiger partial charge in [-0.15, -0.1) is 0 Å². The molecule has 0 aromatic carbocycles. The highest BCUT2D eigenvalue weighted by molar-refractivity contribution is 4.79. The van der Waals surface area contributed by atoms with Crippen LogP contribution in [-0.2, 0) is 0 Å². The van der Waals surface area contributed by atoms with Crippen molar-refractivity contribution in [3.05, 3.63) is 0 Å². The van der Waals surface area contributed by atoms with Crippen molar-refractivity contribution in [2.24, 2.45) is 5.92 Å². The molecule has 0 unspecified atom stereocenters. The average molecular weight is 170 g/mol. The second kappa shape index (κ2) is 5.55. The van der Waals surface area contributed by atoms with E-state index in [9.17, 15) is 0 Å². The third kappa shape index (κ3) is 3.11. The maximum absolute atomic E-state index is 3.35. The molecule has 0 aromatic rings. The summed E-state index contributed by atoms with van der Waals surface area (Å²) in [5.74, 6) is 1.01. The van der Waals surface area contributed by atoms with Gasteiger partial charge in [0.2, 0.25) is 0 Å². The molecule has 12 heavy (non-hydrogen) atoms. The molecule has 1 N–H and O–H groups in total. The summed E-state index contributed by atoms with van der Waals surface area (Å²) >= 11 is 0. The van der Waals surface area contributed by atoms with E-state index in [1.165, 1.54) is 32.5 Å². The van der Waals surface area contributed by atoms with Gasteiger partial charge in [-0.05, 0) is 18.9 Å². The fraction of sp³-hybridized carbons (Fsp3) is 1.00. The first-order valence-corrected chi connectivity index (χ1v) is 5.29. The van der Waals surface area contributed by atoms with E-state index in [1.54, 1.807) is 0 Å². The average Bonchev–Trinajstić information content (AvgIpc) is 2.00. The van der Waals surface area contributed by atoms with Crippen LogP contribution in [0.1, 0.15) is 26.7 Å². The molecule has 0 spiro atoms. The monoisotopic (exact) mass is 170 g/mol. The minimum Gasteiger partial charge on any atom is -0.316 e. The van der Waals surface area contributed by atoms with Crippen LogP contribution in [0, 0.1) is 5.92 Å². The lowest BCUT2D eigenvalue weighted by atomic mass is 9.95. The van der Waals surface area contributed by atoms with Crippen LogP contribution in [-0.4, -0.2) is 37.6 Å². The fourth-order valence-corrected chi connectivity index (χ4v) is 1.86. The van der Waals surface area contributed by atoms with Gasteiger partial charge >= 0.3 is 0 Å². The van der Waals surface area contributed by atoms with Gasteiger partial charge < -0.3 is 10.2 Å². The molecule has 1 rings (SSSR count). The number of likely N-dealkylation sites (N-methyl/N-ethyl adjacent to an activating group) is 1. The highest BCUT2D eigenvalue weighted by atomic mass is 15.2. The molecule has 1 aliphatic heterocycles. The molecule has 1 aliphatic rings. The molecule has 0 saturated carbocycles. The second-order valence-electron chi connectivity index (χ2n) is 3.77. The van der Waals surface area contributed by atoms with Crippen LogP contribution in [0.4, 0.5) is 0 Å². The normalized spacial score (nSPS) is 19.5. The molecule has 0 radical (unpaired) electrons. The lowest BCUT2D eigenvalue weighted by molar-refractivity contribution is 0.0951. The van der Waals surface area contributed by atoms with Crippen LogP contribution in [0.3, 0.4) is 0 Å². The Hall–Kier alpha value is -0.0800. The Bertz CT molecular complexity index is 106. The summed E-state index contributed by atoms with van der Waals surface area (Å²) in [6, 6.07) is 0. The molecule has 1 fully saturated rings. The summed E-state index contributed by atoms with van der Waals surface area (Å²) in [4.78, 5) is 2.54. The van der Waals surface area contributed by atoms with Crippen molar-refractivity contribution in [1.29, 1.82) is 0 Å². The van der Waals surface area contributed by atoms with Crippen LogP contribution in [0.5, 0.6) is 0 Å². The number of likely N-dealkylation sites (tertiary alicyclic amines) is 1. The molecular formula is C10H22N2. The Morgan fingerprint density at radius 3 is 2.67 bits per heavy atom. The van der Waals surface area contributed by atoms with Crippen molar-refractivity contribution < 1.29 is 0 Å². The van der Waals surface area contributed by atoms with Gasteiger partial charge in [0.1, 0.15) is 0 Å². The second-order valence-corrected chi connectivity index (χ2v) is 3.77. The Labute approximate surface area is 76.3 Å². The van der Waals surface area contributed by atoms with E-state index < -0.39 is 0 Å². The lowest BCUT2D eigenvalue weighted by Gasteiger charge is -2.39. The Morgan fingerprint density at radius 1 is 1.33 bits per heavy atom. The predicted molar refractivity (Wildman–Crippen MR) is 53.4 cm³/mol. The quantitative estimate of drug-likeness (QED) is 0.605. The van der Waals surface area contributed by atoms with E-state index >= 15 is 0 Å². The minimum absolute atomic E-state index is 1.01. The SMILES string of the molecule is CCCC1CN(CCNCC)C1. The molecule has 2 nitrogen and oxygen atoms in total. The fourth-order valence-electron chi connectivity index (χ4n) is 1.86. The number of rotatable bonds is 6. The molecule has 0 atom stereocenters. The van der Waals surface area contributed by atoms with Gasteiger partial charge in [0.25, 0.3) is 0 Å². The van der Waals surface area contributed by atoms with Gasteiger partial charge in [0.05, 0.1) is 0 Å². The summed E-state index contributed by atoms with van der Waals surface area (Å²) in [5.41, 5.74) is 0. The van der Waals surface area contributed by atoms with Gasteiger partial charge in [0, 0.05) is 26.2 Å². The molecule has 1 saturated heterocycles. The van der Waals surface area contributed by atoms with Crippen molar-refractivity contribution >= 4 is 0 Å². The number of hydrogen-bond donors (Lipinski definition) is 1. The van der Waals surface area contributed by atoms with Crippen molar-refractivity contribution in [3.8, 4) is 0 Å². The van der Waals surface area contributed by atoms with Gasteiger partial charge in [-0.1, -0.05) is 20.3 Å². The zero-order valence-electron chi connectivity index (χ0n) is 8.47. The predicted octanol–water partition coefficient (Wildman–Crippen LogP) is 1.33. The van der Waals surface area contributed by atoms with E-state index in [0.717, 1.165) is 19.0 Å². The van der Waals surface area contributed by atoms with Crippen molar-refractivity contribution in [2.45, 2.75) is 26.7 Å². The highest BCUT2D eigenvalue weighted by Gasteiger charge is 2.24. The third-order valence-corrected chi connectivity index (χ3v) is 2.58.